The van der Waals surface area contributed by atoms with Gasteiger partial charge in [-0.15, -0.1) is 0 Å². The van der Waals surface area contributed by atoms with E-state index in [1.165, 1.54) is 0 Å². The van der Waals surface area contributed by atoms with Crippen LogP contribution in [0.3, 0.4) is 0 Å². The Bertz CT molecular complexity index is 1220. The zero-order valence-electron chi connectivity index (χ0n) is 21.5. The van der Waals surface area contributed by atoms with Crippen molar-refractivity contribution in [3.8, 4) is 11.1 Å². The highest BCUT2D eigenvalue weighted by Gasteiger charge is 2.50. The molecule has 2 N–H and O–H groups in total. The largest absolute Gasteiger partial charge is 0.480 e. The van der Waals surface area contributed by atoms with Crippen molar-refractivity contribution < 1.29 is 29.3 Å². The highest BCUT2D eigenvalue weighted by atomic mass is 16.6. The first-order valence-electron chi connectivity index (χ1n) is 12.2. The maximum atomic E-state index is 13.4. The molecular weight excluding hydrogens is 456 g/mol. The number of esters is 1. The van der Waals surface area contributed by atoms with E-state index in [4.69, 9.17) is 4.74 Å². The first-order chi connectivity index (χ1) is 16.9. The second-order valence-corrected chi connectivity index (χ2v) is 10.2. The third-order valence-corrected chi connectivity index (χ3v) is 6.55. The molecule has 0 saturated carbocycles. The highest BCUT2D eigenvalue weighted by Crippen LogP contribution is 2.46. The first kappa shape index (κ1) is 26.9. The van der Waals surface area contributed by atoms with Crippen molar-refractivity contribution in [2.45, 2.75) is 64.9 Å². The number of ether oxygens (including phenoxy) is 1. The van der Waals surface area contributed by atoms with Gasteiger partial charge in [-0.25, -0.2) is 9.59 Å². The average Bonchev–Trinajstić information content (AvgIpc) is 2.81. The molecule has 2 unspecified atom stereocenters. The quantitative estimate of drug-likeness (QED) is 0.415. The lowest BCUT2D eigenvalue weighted by Gasteiger charge is -2.39. The van der Waals surface area contributed by atoms with Gasteiger partial charge in [-0.1, -0.05) is 74.4 Å². The molecule has 0 bridgehead atoms. The minimum absolute atomic E-state index is 0.0966. The Balaban J connectivity index is 2.29. The zero-order chi connectivity index (χ0) is 26.7. The van der Waals surface area contributed by atoms with Gasteiger partial charge in [0, 0.05) is 11.5 Å². The van der Waals surface area contributed by atoms with Crippen molar-refractivity contribution in [1.29, 1.82) is 0 Å². The molecule has 0 aliphatic heterocycles. The molecule has 0 aromatic heterocycles. The molecule has 2 atom stereocenters. The molecule has 1 aliphatic rings. The molecule has 0 heterocycles. The second-order valence-electron chi connectivity index (χ2n) is 10.2. The van der Waals surface area contributed by atoms with Gasteiger partial charge in [0.1, 0.15) is 11.0 Å². The molecule has 6 heteroatoms. The summed E-state index contributed by atoms with van der Waals surface area (Å²) in [6.45, 7) is 8.98. The second kappa shape index (κ2) is 10.5. The minimum atomic E-state index is -1.64. The molecule has 0 spiro atoms. The van der Waals surface area contributed by atoms with E-state index in [-0.39, 0.29) is 11.1 Å². The van der Waals surface area contributed by atoms with E-state index in [2.05, 4.69) is 0 Å². The summed E-state index contributed by atoms with van der Waals surface area (Å²) in [6.07, 6.45) is 4.98. The smallest absolute Gasteiger partial charge is 0.339 e. The highest BCUT2D eigenvalue weighted by molar-refractivity contribution is 5.99. The summed E-state index contributed by atoms with van der Waals surface area (Å²) in [4.78, 5) is 38.7. The van der Waals surface area contributed by atoms with Crippen LogP contribution < -0.4 is 0 Å². The lowest BCUT2D eigenvalue weighted by atomic mass is 9.62. The maximum Gasteiger partial charge on any atom is 0.339 e. The molecule has 2 aromatic carbocycles. The van der Waals surface area contributed by atoms with E-state index in [0.29, 0.717) is 29.5 Å². The molecule has 36 heavy (non-hydrogen) atoms. The molecular formula is C30H34O6. The monoisotopic (exact) mass is 490 g/mol. The summed E-state index contributed by atoms with van der Waals surface area (Å²) in [6, 6.07) is 14.3. The summed E-state index contributed by atoms with van der Waals surface area (Å²) in [5.74, 6) is -3.66. The van der Waals surface area contributed by atoms with Crippen LogP contribution in [0.1, 0.15) is 69.8 Å². The van der Waals surface area contributed by atoms with Gasteiger partial charge in [-0.3, -0.25) is 4.79 Å². The predicted octanol–water partition coefficient (Wildman–Crippen LogP) is 6.41. The number of unbranched alkanes of at least 4 members (excludes halogenated alkanes) is 1. The van der Waals surface area contributed by atoms with Crippen molar-refractivity contribution in [2.75, 3.05) is 0 Å². The van der Waals surface area contributed by atoms with Gasteiger partial charge in [-0.05, 0) is 62.4 Å². The van der Waals surface area contributed by atoms with Gasteiger partial charge in [0.05, 0.1) is 5.56 Å². The fraction of sp³-hybridized carbons (Fsp3) is 0.367. The van der Waals surface area contributed by atoms with Crippen molar-refractivity contribution in [2.24, 2.45) is 5.92 Å². The molecule has 6 nitrogen and oxygen atoms in total. The van der Waals surface area contributed by atoms with Crippen molar-refractivity contribution in [3.63, 3.8) is 0 Å². The topological polar surface area (TPSA) is 101 Å². The van der Waals surface area contributed by atoms with Gasteiger partial charge in [0.2, 0.25) is 0 Å². The van der Waals surface area contributed by atoms with E-state index < -0.39 is 34.8 Å². The summed E-state index contributed by atoms with van der Waals surface area (Å²) in [5, 5.41) is 20.7. The van der Waals surface area contributed by atoms with Crippen LogP contribution in [0.4, 0.5) is 0 Å². The fourth-order valence-corrected chi connectivity index (χ4v) is 4.88. The summed E-state index contributed by atoms with van der Waals surface area (Å²) >= 11 is 0. The van der Waals surface area contributed by atoms with Crippen LogP contribution in [-0.2, 0) is 19.7 Å². The number of carbonyl (C=O) groups excluding carboxylic acids is 1. The summed E-state index contributed by atoms with van der Waals surface area (Å²) < 4.78 is 5.68. The summed E-state index contributed by atoms with van der Waals surface area (Å²) in [7, 11) is 0. The molecule has 0 amide bonds. The summed E-state index contributed by atoms with van der Waals surface area (Å²) in [5.41, 5.74) is 0.222. The van der Waals surface area contributed by atoms with E-state index >= 15 is 0 Å². The molecule has 190 valence electrons. The van der Waals surface area contributed by atoms with Crippen LogP contribution in [0.5, 0.6) is 0 Å². The molecule has 0 radical (unpaired) electrons. The number of carboxylic acids is 2. The zero-order valence-corrected chi connectivity index (χ0v) is 21.5. The minimum Gasteiger partial charge on any atom is -0.480 e. The number of carbonyl (C=O) groups is 3. The van der Waals surface area contributed by atoms with Gasteiger partial charge in [0.25, 0.3) is 0 Å². The molecule has 0 saturated heterocycles. The van der Waals surface area contributed by atoms with Crippen molar-refractivity contribution >= 4 is 17.9 Å². The Kier molecular flexibility index (Phi) is 7.87. The lowest BCUT2D eigenvalue weighted by Crippen LogP contribution is -2.45. The van der Waals surface area contributed by atoms with Crippen LogP contribution in [0, 0.1) is 5.92 Å². The van der Waals surface area contributed by atoms with Gasteiger partial charge in [-0.2, -0.15) is 0 Å². The Morgan fingerprint density at radius 3 is 2.25 bits per heavy atom. The first-order valence-corrected chi connectivity index (χ1v) is 12.2. The Labute approximate surface area is 212 Å². The Hall–Kier alpha value is -3.67. The molecule has 2 aromatic rings. The SMILES string of the molecule is CCCCC1C(C(=O)O)=C(C)C=CC1(C(=O)O)c1ccc(-c2ccccc2)c(C(=O)OC(C)(C)C)c1. The third-order valence-electron chi connectivity index (χ3n) is 6.55. The number of aliphatic carboxylic acids is 2. The normalized spacial score (nSPS) is 19.8. The number of hydrogen-bond donors (Lipinski definition) is 2. The van der Waals surface area contributed by atoms with Crippen molar-refractivity contribution in [1.82, 2.24) is 0 Å². The van der Waals surface area contributed by atoms with E-state index in [1.807, 2.05) is 37.3 Å². The number of carboxylic acid groups (broad SMARTS) is 2. The third kappa shape index (κ3) is 5.27. The average molecular weight is 491 g/mol. The molecule has 1 aliphatic carbocycles. The van der Waals surface area contributed by atoms with Gasteiger partial charge >= 0.3 is 17.9 Å². The molecule has 0 fully saturated rings. The Morgan fingerprint density at radius 1 is 1.03 bits per heavy atom. The van der Waals surface area contributed by atoms with E-state index in [1.54, 1.807) is 58.0 Å². The van der Waals surface area contributed by atoms with Crippen LogP contribution in [0.2, 0.25) is 0 Å². The number of rotatable bonds is 8. The van der Waals surface area contributed by atoms with Crippen LogP contribution >= 0.6 is 0 Å². The number of benzene rings is 2. The maximum absolute atomic E-state index is 13.4. The standard InChI is InChI=1S/C30H34O6/c1-6-7-13-24-25(26(31)32)19(2)16-17-30(24,28(34)35)21-14-15-22(20-11-9-8-10-12-20)23(18-21)27(33)36-29(3,4)5/h8-12,14-18,24H,6-7,13H2,1-5H3,(H,31,32)(H,34,35). The van der Waals surface area contributed by atoms with Crippen LogP contribution in [-0.4, -0.2) is 33.7 Å². The lowest BCUT2D eigenvalue weighted by molar-refractivity contribution is -0.144. The predicted molar refractivity (Wildman–Crippen MR) is 139 cm³/mol. The number of allylic oxidation sites excluding steroid dienone is 2. The van der Waals surface area contributed by atoms with Crippen LogP contribution in [0.25, 0.3) is 11.1 Å². The van der Waals surface area contributed by atoms with Crippen LogP contribution in [0.15, 0.2) is 71.8 Å². The molecule has 3 rings (SSSR count). The van der Waals surface area contributed by atoms with E-state index in [0.717, 1.165) is 12.0 Å². The van der Waals surface area contributed by atoms with E-state index in [9.17, 15) is 24.6 Å². The number of hydrogen-bond acceptors (Lipinski definition) is 4. The van der Waals surface area contributed by atoms with Gasteiger partial charge < -0.3 is 14.9 Å². The fourth-order valence-electron chi connectivity index (χ4n) is 4.88. The Morgan fingerprint density at radius 2 is 1.69 bits per heavy atom. The van der Waals surface area contributed by atoms with Gasteiger partial charge in [0.15, 0.2) is 0 Å². The van der Waals surface area contributed by atoms with Crippen molar-refractivity contribution in [3.05, 3.63) is 83.0 Å².